The molecular formula is C20H26N2O2. The van der Waals surface area contributed by atoms with Crippen molar-refractivity contribution in [1.82, 2.24) is 9.47 Å². The first-order valence-electron chi connectivity index (χ1n) is 8.99. The maximum atomic E-state index is 12.5. The van der Waals surface area contributed by atoms with E-state index in [0.717, 1.165) is 25.4 Å². The van der Waals surface area contributed by atoms with Gasteiger partial charge in [-0.25, -0.2) is 4.79 Å². The van der Waals surface area contributed by atoms with Gasteiger partial charge in [-0.2, -0.15) is 0 Å². The summed E-state index contributed by atoms with van der Waals surface area (Å²) in [4.78, 5) is 14.3. The van der Waals surface area contributed by atoms with Crippen LogP contribution in [0.5, 0.6) is 0 Å². The Morgan fingerprint density at radius 3 is 2.71 bits per heavy atom. The molecule has 0 bridgehead atoms. The van der Waals surface area contributed by atoms with Gasteiger partial charge in [0.05, 0.1) is 6.54 Å². The molecule has 1 amide bonds. The Labute approximate surface area is 143 Å². The van der Waals surface area contributed by atoms with Gasteiger partial charge in [0.1, 0.15) is 5.60 Å². The van der Waals surface area contributed by atoms with Crippen LogP contribution in [0.3, 0.4) is 0 Å². The van der Waals surface area contributed by atoms with Crippen LogP contribution in [0.15, 0.2) is 24.3 Å². The van der Waals surface area contributed by atoms with Gasteiger partial charge in [-0.1, -0.05) is 18.2 Å². The van der Waals surface area contributed by atoms with Crippen LogP contribution in [-0.2, 0) is 24.2 Å². The molecule has 1 aliphatic carbocycles. The van der Waals surface area contributed by atoms with Crippen molar-refractivity contribution in [3.63, 3.8) is 0 Å². The van der Waals surface area contributed by atoms with Crippen LogP contribution in [0.4, 0.5) is 4.79 Å². The summed E-state index contributed by atoms with van der Waals surface area (Å²) < 4.78 is 8.07. The first kappa shape index (κ1) is 15.6. The van der Waals surface area contributed by atoms with Gasteiger partial charge in [0, 0.05) is 41.7 Å². The smallest absolute Gasteiger partial charge is 0.410 e. The lowest BCUT2D eigenvalue weighted by Gasteiger charge is -2.30. The van der Waals surface area contributed by atoms with E-state index in [0.29, 0.717) is 6.54 Å². The number of hydrogen-bond acceptors (Lipinski definition) is 2. The quantitative estimate of drug-likeness (QED) is 0.822. The Kier molecular flexibility index (Phi) is 3.59. The predicted molar refractivity (Wildman–Crippen MR) is 95.0 cm³/mol. The van der Waals surface area contributed by atoms with E-state index < -0.39 is 5.60 Å². The zero-order valence-corrected chi connectivity index (χ0v) is 14.8. The fourth-order valence-corrected chi connectivity index (χ4v) is 3.65. The fourth-order valence-electron chi connectivity index (χ4n) is 3.65. The largest absolute Gasteiger partial charge is 0.444 e. The monoisotopic (exact) mass is 326 g/mol. The van der Waals surface area contributed by atoms with Gasteiger partial charge in [-0.05, 0) is 45.6 Å². The number of hydrogen-bond donors (Lipinski definition) is 0. The summed E-state index contributed by atoms with van der Waals surface area (Å²) in [5.74, 6) is 0.841. The lowest BCUT2D eigenvalue weighted by atomic mass is 10.0. The highest BCUT2D eigenvalue weighted by atomic mass is 16.6. The van der Waals surface area contributed by atoms with E-state index in [4.69, 9.17) is 4.74 Å². The van der Waals surface area contributed by atoms with Crippen LogP contribution in [-0.4, -0.2) is 27.7 Å². The Morgan fingerprint density at radius 1 is 1.25 bits per heavy atom. The molecule has 0 N–H and O–H groups in total. The minimum absolute atomic E-state index is 0.202. The Bertz CT molecular complexity index is 781. The molecule has 0 spiro atoms. The van der Waals surface area contributed by atoms with Crippen molar-refractivity contribution >= 4 is 17.0 Å². The molecule has 24 heavy (non-hydrogen) atoms. The Morgan fingerprint density at radius 2 is 2.00 bits per heavy atom. The van der Waals surface area contributed by atoms with E-state index in [2.05, 4.69) is 28.8 Å². The van der Waals surface area contributed by atoms with Crippen LogP contribution in [0.1, 0.15) is 44.9 Å². The first-order chi connectivity index (χ1) is 11.4. The number of fused-ring (bicyclic) bond motifs is 3. The molecule has 1 aromatic carbocycles. The number of para-hydroxylation sites is 1. The first-order valence-corrected chi connectivity index (χ1v) is 8.99. The Hall–Kier alpha value is -1.97. The molecule has 128 valence electrons. The summed E-state index contributed by atoms with van der Waals surface area (Å²) in [7, 11) is 0. The molecule has 4 nitrogen and oxygen atoms in total. The molecule has 2 aliphatic rings. The van der Waals surface area contributed by atoms with Crippen LogP contribution >= 0.6 is 0 Å². The van der Waals surface area contributed by atoms with Gasteiger partial charge in [0.15, 0.2) is 0 Å². The van der Waals surface area contributed by atoms with E-state index in [-0.39, 0.29) is 6.09 Å². The number of aromatic nitrogens is 1. The van der Waals surface area contributed by atoms with Gasteiger partial charge in [0.2, 0.25) is 0 Å². The SMILES string of the molecule is CC(C)(C)OC(=O)N1CCc2c(c3ccccc3n2CC2CC2)C1. The molecule has 0 unspecified atom stereocenters. The molecule has 2 heterocycles. The van der Waals surface area contributed by atoms with Crippen molar-refractivity contribution in [2.75, 3.05) is 6.54 Å². The van der Waals surface area contributed by atoms with Crippen molar-refractivity contribution < 1.29 is 9.53 Å². The molecule has 0 atom stereocenters. The second-order valence-electron chi connectivity index (χ2n) is 8.15. The zero-order valence-electron chi connectivity index (χ0n) is 14.8. The van der Waals surface area contributed by atoms with Crippen molar-refractivity contribution in [2.45, 2.75) is 58.7 Å². The van der Waals surface area contributed by atoms with E-state index in [1.165, 1.54) is 35.0 Å². The number of rotatable bonds is 2. The van der Waals surface area contributed by atoms with Crippen molar-refractivity contribution in [3.8, 4) is 0 Å². The summed E-state index contributed by atoms with van der Waals surface area (Å²) in [6.45, 7) is 8.28. The van der Waals surface area contributed by atoms with Gasteiger partial charge in [-0.3, -0.25) is 0 Å². The molecule has 0 radical (unpaired) electrons. The lowest BCUT2D eigenvalue weighted by molar-refractivity contribution is 0.0223. The van der Waals surface area contributed by atoms with Gasteiger partial charge in [0.25, 0.3) is 0 Å². The highest BCUT2D eigenvalue weighted by Gasteiger charge is 2.31. The summed E-state index contributed by atoms with van der Waals surface area (Å²) >= 11 is 0. The van der Waals surface area contributed by atoms with Gasteiger partial charge < -0.3 is 14.2 Å². The number of ether oxygens (including phenoxy) is 1. The highest BCUT2D eigenvalue weighted by Crippen LogP contribution is 2.36. The molecule has 1 fully saturated rings. The third kappa shape index (κ3) is 2.90. The van der Waals surface area contributed by atoms with Gasteiger partial charge in [-0.15, -0.1) is 0 Å². The summed E-state index contributed by atoms with van der Waals surface area (Å²) in [6.07, 6.45) is 3.42. The summed E-state index contributed by atoms with van der Waals surface area (Å²) in [5.41, 5.74) is 3.60. The topological polar surface area (TPSA) is 34.5 Å². The number of carbonyl (C=O) groups excluding carboxylic acids is 1. The molecule has 1 aliphatic heterocycles. The molecule has 1 saturated carbocycles. The second-order valence-corrected chi connectivity index (χ2v) is 8.15. The molecular weight excluding hydrogens is 300 g/mol. The minimum Gasteiger partial charge on any atom is -0.444 e. The second kappa shape index (κ2) is 5.54. The van der Waals surface area contributed by atoms with Crippen molar-refractivity contribution in [3.05, 3.63) is 35.5 Å². The lowest BCUT2D eigenvalue weighted by Crippen LogP contribution is -2.40. The van der Waals surface area contributed by atoms with E-state index in [1.54, 1.807) is 0 Å². The number of carbonyl (C=O) groups is 1. The molecule has 2 aromatic rings. The number of nitrogens with zero attached hydrogens (tertiary/aromatic N) is 2. The average molecular weight is 326 g/mol. The van der Waals surface area contributed by atoms with Crippen LogP contribution < -0.4 is 0 Å². The third-order valence-electron chi connectivity index (χ3n) is 4.95. The molecule has 0 saturated heterocycles. The highest BCUT2D eigenvalue weighted by molar-refractivity contribution is 5.86. The summed E-state index contributed by atoms with van der Waals surface area (Å²) in [6, 6.07) is 8.61. The average Bonchev–Trinajstić information content (AvgIpc) is 3.29. The standard InChI is InChI=1S/C20H26N2O2/c1-20(2,3)24-19(23)21-11-10-18-16(13-21)15-6-4-5-7-17(15)22(18)12-14-8-9-14/h4-7,14H,8-13H2,1-3H3. The van der Waals surface area contributed by atoms with Crippen LogP contribution in [0.25, 0.3) is 10.9 Å². The summed E-state index contributed by atoms with van der Waals surface area (Å²) in [5, 5.41) is 1.29. The Balaban J connectivity index is 1.67. The molecule has 4 rings (SSSR count). The van der Waals surface area contributed by atoms with E-state index >= 15 is 0 Å². The number of amides is 1. The predicted octanol–water partition coefficient (Wildman–Crippen LogP) is 4.34. The van der Waals surface area contributed by atoms with E-state index in [9.17, 15) is 4.79 Å². The zero-order chi connectivity index (χ0) is 16.9. The fraction of sp³-hybridized carbons (Fsp3) is 0.550. The van der Waals surface area contributed by atoms with Crippen molar-refractivity contribution in [2.24, 2.45) is 5.92 Å². The van der Waals surface area contributed by atoms with Crippen LogP contribution in [0.2, 0.25) is 0 Å². The third-order valence-corrected chi connectivity index (χ3v) is 4.95. The van der Waals surface area contributed by atoms with Crippen LogP contribution in [0, 0.1) is 5.92 Å². The molecule has 4 heteroatoms. The van der Waals surface area contributed by atoms with E-state index in [1.807, 2.05) is 25.7 Å². The normalized spacial score (nSPS) is 17.9. The number of benzene rings is 1. The maximum absolute atomic E-state index is 12.5. The van der Waals surface area contributed by atoms with Gasteiger partial charge >= 0.3 is 6.09 Å². The minimum atomic E-state index is -0.447. The maximum Gasteiger partial charge on any atom is 0.410 e. The molecule has 1 aromatic heterocycles. The van der Waals surface area contributed by atoms with Crippen molar-refractivity contribution in [1.29, 1.82) is 0 Å².